The van der Waals surface area contributed by atoms with E-state index in [2.05, 4.69) is 17.1 Å². The second-order valence-electron chi connectivity index (χ2n) is 7.05. The highest BCUT2D eigenvalue weighted by Gasteiger charge is 2.30. The predicted molar refractivity (Wildman–Crippen MR) is 110 cm³/mol. The summed E-state index contributed by atoms with van der Waals surface area (Å²) in [6.07, 6.45) is 11.3. The molecule has 5 heteroatoms. The lowest BCUT2D eigenvalue weighted by molar-refractivity contribution is -0.126. The fraction of sp³-hybridized carbons (Fsp3) is 0.261. The Bertz CT molecular complexity index is 959. The van der Waals surface area contributed by atoms with E-state index < -0.39 is 0 Å². The molecular formula is C23H24N4O. The van der Waals surface area contributed by atoms with E-state index in [9.17, 15) is 4.79 Å². The number of aromatic nitrogens is 3. The van der Waals surface area contributed by atoms with Crippen LogP contribution in [-0.4, -0.2) is 38.2 Å². The zero-order valence-electron chi connectivity index (χ0n) is 16.0. The molecule has 0 atom stereocenters. The van der Waals surface area contributed by atoms with Crippen molar-refractivity contribution in [1.82, 2.24) is 19.7 Å². The molecule has 142 valence electrons. The second-order valence-corrected chi connectivity index (χ2v) is 7.05. The fourth-order valence-electron chi connectivity index (χ4n) is 3.37. The molecule has 0 aliphatic heterocycles. The van der Waals surface area contributed by atoms with E-state index in [0.717, 1.165) is 36.2 Å². The van der Waals surface area contributed by atoms with E-state index in [-0.39, 0.29) is 5.91 Å². The summed E-state index contributed by atoms with van der Waals surface area (Å²) in [4.78, 5) is 18.7. The van der Waals surface area contributed by atoms with Crippen LogP contribution in [0.4, 0.5) is 0 Å². The molecule has 1 amide bonds. The van der Waals surface area contributed by atoms with Crippen LogP contribution in [0.25, 0.3) is 17.3 Å². The molecular weight excluding hydrogens is 348 g/mol. The molecule has 0 bridgehead atoms. The molecule has 2 heterocycles. The smallest absolute Gasteiger partial charge is 0.246 e. The van der Waals surface area contributed by atoms with E-state index in [1.165, 1.54) is 5.56 Å². The van der Waals surface area contributed by atoms with Crippen molar-refractivity contribution in [2.75, 3.05) is 6.54 Å². The molecule has 1 aromatic carbocycles. The van der Waals surface area contributed by atoms with Gasteiger partial charge in [0.05, 0.1) is 6.54 Å². The van der Waals surface area contributed by atoms with Gasteiger partial charge in [-0.15, -0.1) is 0 Å². The number of pyridine rings is 1. The maximum atomic E-state index is 12.6. The number of carbonyl (C=O) groups is 1. The zero-order chi connectivity index (χ0) is 19.3. The maximum Gasteiger partial charge on any atom is 0.246 e. The summed E-state index contributed by atoms with van der Waals surface area (Å²) in [6, 6.07) is 14.5. The van der Waals surface area contributed by atoms with Crippen LogP contribution >= 0.6 is 0 Å². The minimum Gasteiger partial charge on any atom is -0.336 e. The van der Waals surface area contributed by atoms with Crippen molar-refractivity contribution in [3.8, 4) is 11.3 Å². The van der Waals surface area contributed by atoms with Gasteiger partial charge in [-0.05, 0) is 43.5 Å². The standard InChI is InChI=1S/C23H24N4O/c1-2-27(21-11-12-21)22(28)13-10-20-17-26(16-18-7-4-3-5-8-18)25-23(20)19-9-6-14-24-15-19/h3-10,13-15,17,21H,2,11-12,16H2,1H3. The second kappa shape index (κ2) is 8.21. The van der Waals surface area contributed by atoms with Crippen molar-refractivity contribution < 1.29 is 4.79 Å². The molecule has 1 aliphatic carbocycles. The number of benzene rings is 1. The molecule has 3 aromatic rings. The van der Waals surface area contributed by atoms with E-state index in [4.69, 9.17) is 5.10 Å². The van der Waals surface area contributed by atoms with E-state index in [1.807, 2.05) is 59.1 Å². The summed E-state index contributed by atoms with van der Waals surface area (Å²) in [7, 11) is 0. The number of likely N-dealkylation sites (N-methyl/N-ethyl adjacent to an activating group) is 1. The predicted octanol–water partition coefficient (Wildman–Crippen LogP) is 4.02. The van der Waals surface area contributed by atoms with Gasteiger partial charge in [-0.3, -0.25) is 14.5 Å². The molecule has 0 spiro atoms. The Morgan fingerprint density at radius 2 is 2.04 bits per heavy atom. The third kappa shape index (κ3) is 4.19. The van der Waals surface area contributed by atoms with Crippen LogP contribution in [0.2, 0.25) is 0 Å². The Morgan fingerprint density at radius 1 is 1.21 bits per heavy atom. The number of carbonyl (C=O) groups excluding carboxylic acids is 1. The van der Waals surface area contributed by atoms with Crippen molar-refractivity contribution in [3.63, 3.8) is 0 Å². The van der Waals surface area contributed by atoms with Gasteiger partial charge in [0.25, 0.3) is 0 Å². The number of amides is 1. The van der Waals surface area contributed by atoms with Crippen molar-refractivity contribution in [3.05, 3.63) is 78.3 Å². The van der Waals surface area contributed by atoms with Gasteiger partial charge < -0.3 is 4.90 Å². The number of rotatable bonds is 7. The average Bonchev–Trinajstić information content (AvgIpc) is 3.48. The van der Waals surface area contributed by atoms with Crippen molar-refractivity contribution in [2.24, 2.45) is 0 Å². The quantitative estimate of drug-likeness (QED) is 0.589. The number of nitrogens with zero attached hydrogens (tertiary/aromatic N) is 4. The lowest BCUT2D eigenvalue weighted by atomic mass is 10.1. The van der Waals surface area contributed by atoms with Crippen LogP contribution < -0.4 is 0 Å². The van der Waals surface area contributed by atoms with Gasteiger partial charge in [0.2, 0.25) is 5.91 Å². The molecule has 0 N–H and O–H groups in total. The fourth-order valence-corrected chi connectivity index (χ4v) is 3.37. The van der Waals surface area contributed by atoms with Gasteiger partial charge in [0, 0.05) is 48.4 Å². The largest absolute Gasteiger partial charge is 0.336 e. The first kappa shape index (κ1) is 18.2. The van der Waals surface area contributed by atoms with Crippen molar-refractivity contribution >= 4 is 12.0 Å². The van der Waals surface area contributed by atoms with Crippen LogP contribution in [0.5, 0.6) is 0 Å². The molecule has 1 fully saturated rings. The summed E-state index contributed by atoms with van der Waals surface area (Å²) >= 11 is 0. The third-order valence-corrected chi connectivity index (χ3v) is 4.93. The molecule has 28 heavy (non-hydrogen) atoms. The molecule has 5 nitrogen and oxygen atoms in total. The molecule has 2 aromatic heterocycles. The van der Waals surface area contributed by atoms with Crippen LogP contribution in [0.1, 0.15) is 30.9 Å². The normalized spacial score (nSPS) is 13.8. The highest BCUT2D eigenvalue weighted by atomic mass is 16.2. The summed E-state index contributed by atoms with van der Waals surface area (Å²) < 4.78 is 1.92. The average molecular weight is 372 g/mol. The van der Waals surface area contributed by atoms with Gasteiger partial charge in [-0.25, -0.2) is 0 Å². The van der Waals surface area contributed by atoms with Crippen molar-refractivity contribution in [1.29, 1.82) is 0 Å². The van der Waals surface area contributed by atoms with Crippen LogP contribution in [0, 0.1) is 0 Å². The highest BCUT2D eigenvalue weighted by Crippen LogP contribution is 2.27. The summed E-state index contributed by atoms with van der Waals surface area (Å²) in [5.74, 6) is 0.0675. The molecule has 0 saturated heterocycles. The van der Waals surface area contributed by atoms with Gasteiger partial charge in [-0.2, -0.15) is 5.10 Å². The first-order valence-electron chi connectivity index (χ1n) is 9.75. The van der Waals surface area contributed by atoms with Gasteiger partial charge in [-0.1, -0.05) is 30.3 Å². The first-order chi connectivity index (χ1) is 13.7. The molecule has 0 radical (unpaired) electrons. The Hall–Kier alpha value is -3.21. The first-order valence-corrected chi connectivity index (χ1v) is 9.75. The molecule has 4 rings (SSSR count). The molecule has 1 aliphatic rings. The van der Waals surface area contributed by atoms with E-state index in [1.54, 1.807) is 18.5 Å². The molecule has 0 unspecified atom stereocenters. The lowest BCUT2D eigenvalue weighted by Crippen LogP contribution is -2.31. The summed E-state index contributed by atoms with van der Waals surface area (Å²) in [6.45, 7) is 3.46. The minimum atomic E-state index is 0.0675. The van der Waals surface area contributed by atoms with Crippen molar-refractivity contribution in [2.45, 2.75) is 32.4 Å². The van der Waals surface area contributed by atoms with Crippen LogP contribution in [-0.2, 0) is 11.3 Å². The van der Waals surface area contributed by atoms with E-state index in [0.29, 0.717) is 12.6 Å². The topological polar surface area (TPSA) is 51.0 Å². The SMILES string of the molecule is CCN(C(=O)C=Cc1cn(Cc2ccccc2)nc1-c1cccnc1)C1CC1. The summed E-state index contributed by atoms with van der Waals surface area (Å²) in [5.41, 5.74) is 3.88. The Kier molecular flexibility index (Phi) is 5.33. The Morgan fingerprint density at radius 3 is 2.71 bits per heavy atom. The van der Waals surface area contributed by atoms with Crippen LogP contribution in [0.3, 0.4) is 0 Å². The monoisotopic (exact) mass is 372 g/mol. The Labute approximate surface area is 165 Å². The Balaban J connectivity index is 1.62. The van der Waals surface area contributed by atoms with Crippen LogP contribution in [0.15, 0.2) is 67.1 Å². The summed E-state index contributed by atoms with van der Waals surface area (Å²) in [5, 5.41) is 4.77. The maximum absolute atomic E-state index is 12.6. The van der Waals surface area contributed by atoms with Gasteiger partial charge >= 0.3 is 0 Å². The number of hydrogen-bond donors (Lipinski definition) is 0. The highest BCUT2D eigenvalue weighted by molar-refractivity contribution is 5.93. The molecule has 1 saturated carbocycles. The number of hydrogen-bond acceptors (Lipinski definition) is 3. The zero-order valence-corrected chi connectivity index (χ0v) is 16.0. The third-order valence-electron chi connectivity index (χ3n) is 4.93. The van der Waals surface area contributed by atoms with E-state index >= 15 is 0 Å². The van der Waals surface area contributed by atoms with Gasteiger partial charge in [0.1, 0.15) is 5.69 Å². The minimum absolute atomic E-state index is 0.0675. The lowest BCUT2D eigenvalue weighted by Gasteiger charge is -2.17. The van der Waals surface area contributed by atoms with Gasteiger partial charge in [0.15, 0.2) is 0 Å².